The average molecular weight is 235 g/mol. The maximum absolute atomic E-state index is 11.5. The number of morpholine rings is 1. The van der Waals surface area contributed by atoms with Gasteiger partial charge in [-0.25, -0.2) is 4.98 Å². The zero-order valence-corrected chi connectivity index (χ0v) is 9.47. The number of rotatable bonds is 3. The molecule has 1 aliphatic heterocycles. The standard InChI is InChI=1S/C11H13N3O3/c1-12-9-3-2-8(4-13-9)5-14-10(15)6-17-7-11(14)16/h2-4H,5-7H2,1H3,(H,12,13). The Bertz CT molecular complexity index is 414. The first kappa shape index (κ1) is 11.5. The molecule has 2 heterocycles. The van der Waals surface area contributed by atoms with Crippen LogP contribution in [-0.2, 0) is 20.9 Å². The summed E-state index contributed by atoms with van der Waals surface area (Å²) >= 11 is 0. The van der Waals surface area contributed by atoms with E-state index in [9.17, 15) is 9.59 Å². The van der Waals surface area contributed by atoms with E-state index in [0.717, 1.165) is 11.4 Å². The predicted molar refractivity (Wildman–Crippen MR) is 60.2 cm³/mol. The van der Waals surface area contributed by atoms with Crippen LogP contribution in [0.25, 0.3) is 0 Å². The van der Waals surface area contributed by atoms with Gasteiger partial charge in [-0.1, -0.05) is 6.07 Å². The highest BCUT2D eigenvalue weighted by Crippen LogP contribution is 2.10. The van der Waals surface area contributed by atoms with Crippen molar-refractivity contribution in [1.82, 2.24) is 9.88 Å². The Morgan fingerprint density at radius 3 is 2.59 bits per heavy atom. The van der Waals surface area contributed by atoms with Gasteiger partial charge >= 0.3 is 0 Å². The third kappa shape index (κ3) is 2.59. The molecule has 6 nitrogen and oxygen atoms in total. The molecule has 0 aliphatic carbocycles. The number of nitrogens with one attached hydrogen (secondary N) is 1. The van der Waals surface area contributed by atoms with Crippen LogP contribution in [-0.4, -0.2) is 42.0 Å². The monoisotopic (exact) mass is 235 g/mol. The summed E-state index contributed by atoms with van der Waals surface area (Å²) in [6.45, 7) is 0.180. The second-order valence-electron chi connectivity index (χ2n) is 3.67. The number of hydrogen-bond donors (Lipinski definition) is 1. The Labute approximate surface area is 98.6 Å². The smallest absolute Gasteiger partial charge is 0.255 e. The Hall–Kier alpha value is -1.95. The topological polar surface area (TPSA) is 71.5 Å². The molecule has 0 bridgehead atoms. The van der Waals surface area contributed by atoms with Crippen LogP contribution in [0.3, 0.4) is 0 Å². The Morgan fingerprint density at radius 2 is 2.06 bits per heavy atom. The van der Waals surface area contributed by atoms with E-state index < -0.39 is 0 Å². The number of imide groups is 1. The minimum atomic E-state index is -0.307. The van der Waals surface area contributed by atoms with Crippen molar-refractivity contribution in [2.75, 3.05) is 25.6 Å². The molecule has 0 unspecified atom stereocenters. The van der Waals surface area contributed by atoms with Crippen LogP contribution in [0.4, 0.5) is 5.82 Å². The molecule has 2 amide bonds. The molecule has 17 heavy (non-hydrogen) atoms. The number of ether oxygens (including phenoxy) is 1. The Morgan fingerprint density at radius 1 is 1.35 bits per heavy atom. The summed E-state index contributed by atoms with van der Waals surface area (Å²) in [6.07, 6.45) is 1.64. The molecule has 1 saturated heterocycles. The number of carbonyl (C=O) groups excluding carboxylic acids is 2. The lowest BCUT2D eigenvalue weighted by molar-refractivity contribution is -0.159. The van der Waals surface area contributed by atoms with E-state index in [4.69, 9.17) is 4.74 Å². The fraction of sp³-hybridized carbons (Fsp3) is 0.364. The van der Waals surface area contributed by atoms with Gasteiger partial charge in [-0.15, -0.1) is 0 Å². The van der Waals surface area contributed by atoms with E-state index in [1.165, 1.54) is 4.90 Å². The first-order chi connectivity index (χ1) is 8.20. The van der Waals surface area contributed by atoms with Gasteiger partial charge in [0.15, 0.2) is 0 Å². The maximum Gasteiger partial charge on any atom is 0.255 e. The molecule has 0 spiro atoms. The zero-order chi connectivity index (χ0) is 12.3. The third-order valence-corrected chi connectivity index (χ3v) is 2.47. The number of hydrogen-bond acceptors (Lipinski definition) is 5. The largest absolute Gasteiger partial charge is 0.373 e. The summed E-state index contributed by atoms with van der Waals surface area (Å²) in [5, 5.41) is 2.90. The lowest BCUT2D eigenvalue weighted by Gasteiger charge is -2.24. The first-order valence-electron chi connectivity index (χ1n) is 5.24. The van der Waals surface area contributed by atoms with Crippen LogP contribution in [0, 0.1) is 0 Å². The van der Waals surface area contributed by atoms with Crippen LogP contribution in [0.1, 0.15) is 5.56 Å². The van der Waals surface area contributed by atoms with Crippen LogP contribution < -0.4 is 5.32 Å². The van der Waals surface area contributed by atoms with Gasteiger partial charge in [0.1, 0.15) is 19.0 Å². The number of aromatic nitrogens is 1. The molecular formula is C11H13N3O3. The van der Waals surface area contributed by atoms with Crippen molar-refractivity contribution in [3.8, 4) is 0 Å². The molecule has 2 rings (SSSR count). The van der Waals surface area contributed by atoms with E-state index in [-0.39, 0.29) is 31.6 Å². The molecule has 1 aromatic heterocycles. The van der Waals surface area contributed by atoms with E-state index in [1.807, 2.05) is 6.07 Å². The highest BCUT2D eigenvalue weighted by atomic mass is 16.5. The van der Waals surface area contributed by atoms with Gasteiger partial charge in [0.25, 0.3) is 11.8 Å². The van der Waals surface area contributed by atoms with Crippen LogP contribution in [0.5, 0.6) is 0 Å². The number of anilines is 1. The van der Waals surface area contributed by atoms with E-state index >= 15 is 0 Å². The quantitative estimate of drug-likeness (QED) is 0.747. The van der Waals surface area contributed by atoms with Crippen molar-refractivity contribution in [3.05, 3.63) is 23.9 Å². The lowest BCUT2D eigenvalue weighted by atomic mass is 10.2. The molecule has 1 aliphatic rings. The summed E-state index contributed by atoms with van der Waals surface area (Å²) < 4.78 is 4.83. The van der Waals surface area contributed by atoms with Gasteiger partial charge in [0.05, 0.1) is 6.54 Å². The second kappa shape index (κ2) is 4.92. The van der Waals surface area contributed by atoms with Crippen molar-refractivity contribution >= 4 is 17.6 Å². The van der Waals surface area contributed by atoms with Gasteiger partial charge < -0.3 is 10.1 Å². The van der Waals surface area contributed by atoms with E-state index in [1.54, 1.807) is 19.3 Å². The van der Waals surface area contributed by atoms with Gasteiger partial charge in [0.2, 0.25) is 0 Å². The minimum absolute atomic E-state index is 0.0340. The highest BCUT2D eigenvalue weighted by Gasteiger charge is 2.26. The molecule has 0 atom stereocenters. The van der Waals surface area contributed by atoms with Crippen LogP contribution in [0.2, 0.25) is 0 Å². The van der Waals surface area contributed by atoms with Crippen molar-refractivity contribution < 1.29 is 14.3 Å². The van der Waals surface area contributed by atoms with Crippen molar-refractivity contribution in [3.63, 3.8) is 0 Å². The Balaban J connectivity index is 2.08. The first-order valence-corrected chi connectivity index (χ1v) is 5.24. The van der Waals surface area contributed by atoms with Crippen LogP contribution >= 0.6 is 0 Å². The zero-order valence-electron chi connectivity index (χ0n) is 9.47. The van der Waals surface area contributed by atoms with E-state index in [2.05, 4.69) is 10.3 Å². The fourth-order valence-electron chi connectivity index (χ4n) is 1.55. The normalized spacial score (nSPS) is 16.2. The number of amides is 2. The average Bonchev–Trinajstić information content (AvgIpc) is 2.35. The van der Waals surface area contributed by atoms with E-state index in [0.29, 0.717) is 0 Å². The lowest BCUT2D eigenvalue weighted by Crippen LogP contribution is -2.45. The molecule has 1 aromatic rings. The van der Waals surface area contributed by atoms with Crippen molar-refractivity contribution in [2.45, 2.75) is 6.54 Å². The molecular weight excluding hydrogens is 222 g/mol. The molecule has 0 aromatic carbocycles. The third-order valence-electron chi connectivity index (χ3n) is 2.47. The molecule has 0 saturated carbocycles. The SMILES string of the molecule is CNc1ccc(CN2C(=O)COCC2=O)cn1. The molecule has 1 fully saturated rings. The fourth-order valence-corrected chi connectivity index (χ4v) is 1.55. The van der Waals surface area contributed by atoms with Gasteiger partial charge in [-0.05, 0) is 11.6 Å². The highest BCUT2D eigenvalue weighted by molar-refractivity contribution is 5.98. The number of nitrogens with zero attached hydrogens (tertiary/aromatic N) is 2. The van der Waals surface area contributed by atoms with Gasteiger partial charge in [0, 0.05) is 13.2 Å². The Kier molecular flexibility index (Phi) is 3.34. The number of pyridine rings is 1. The maximum atomic E-state index is 11.5. The van der Waals surface area contributed by atoms with Crippen LogP contribution in [0.15, 0.2) is 18.3 Å². The summed E-state index contributed by atoms with van der Waals surface area (Å²) in [5.74, 6) is 0.131. The number of carbonyl (C=O) groups is 2. The summed E-state index contributed by atoms with van der Waals surface area (Å²) in [6, 6.07) is 3.62. The van der Waals surface area contributed by atoms with Gasteiger partial charge in [-0.2, -0.15) is 0 Å². The predicted octanol–water partition coefficient (Wildman–Crippen LogP) is 0.00870. The minimum Gasteiger partial charge on any atom is -0.373 e. The summed E-state index contributed by atoms with van der Waals surface area (Å²) in [5.41, 5.74) is 0.813. The van der Waals surface area contributed by atoms with Crippen molar-refractivity contribution in [2.24, 2.45) is 0 Å². The molecule has 1 N–H and O–H groups in total. The summed E-state index contributed by atoms with van der Waals surface area (Å²) in [7, 11) is 1.77. The summed E-state index contributed by atoms with van der Waals surface area (Å²) in [4.78, 5) is 28.3. The molecule has 0 radical (unpaired) electrons. The van der Waals surface area contributed by atoms with Crippen molar-refractivity contribution in [1.29, 1.82) is 0 Å². The molecule has 6 heteroatoms. The van der Waals surface area contributed by atoms with Gasteiger partial charge in [-0.3, -0.25) is 14.5 Å². The molecule has 90 valence electrons. The second-order valence-corrected chi connectivity index (χ2v) is 3.67.